The van der Waals surface area contributed by atoms with Crippen molar-refractivity contribution in [1.82, 2.24) is 20.6 Å². The van der Waals surface area contributed by atoms with Gasteiger partial charge >= 0.3 is 0 Å². The first kappa shape index (κ1) is 16.6. The van der Waals surface area contributed by atoms with E-state index in [1.807, 2.05) is 0 Å². The zero-order valence-corrected chi connectivity index (χ0v) is 13.9. The van der Waals surface area contributed by atoms with Crippen molar-refractivity contribution >= 4 is 5.91 Å². The van der Waals surface area contributed by atoms with Gasteiger partial charge in [0.1, 0.15) is 11.9 Å². The first-order valence-electron chi connectivity index (χ1n) is 8.29. The highest BCUT2D eigenvalue weighted by atomic mass is 16.5. The van der Waals surface area contributed by atoms with Crippen LogP contribution in [0.5, 0.6) is 0 Å². The van der Waals surface area contributed by atoms with Gasteiger partial charge in [0.05, 0.1) is 0 Å². The quantitative estimate of drug-likeness (QED) is 0.826. The van der Waals surface area contributed by atoms with E-state index in [0.717, 1.165) is 31.6 Å². The lowest BCUT2D eigenvalue weighted by Gasteiger charge is -2.01. The monoisotopic (exact) mass is 334 g/mol. The maximum Gasteiger partial charge on any atom is 0.273 e. The Morgan fingerprint density at radius 2 is 2.25 bits per heavy atom. The number of carbonyl (C=O) groups excluding carboxylic acids is 1. The molecule has 1 aliphatic heterocycles. The number of ether oxygens (including phenoxy) is 1. The van der Waals surface area contributed by atoms with Gasteiger partial charge < -0.3 is 19.1 Å². The summed E-state index contributed by atoms with van der Waals surface area (Å²) in [7, 11) is 0. The normalized spacial score (nSPS) is 17.5. The summed E-state index contributed by atoms with van der Waals surface area (Å²) in [6.07, 6.45) is 3.07. The van der Waals surface area contributed by atoms with Gasteiger partial charge in [0.15, 0.2) is 11.5 Å². The predicted octanol–water partition coefficient (Wildman–Crippen LogP) is 2.08. The third-order valence-electron chi connectivity index (χ3n) is 3.72. The zero-order valence-electron chi connectivity index (χ0n) is 13.9. The van der Waals surface area contributed by atoms with Gasteiger partial charge in [0, 0.05) is 32.1 Å². The third kappa shape index (κ3) is 4.19. The Labute approximate surface area is 139 Å². The van der Waals surface area contributed by atoms with Crippen molar-refractivity contribution in [3.05, 3.63) is 29.2 Å². The van der Waals surface area contributed by atoms with Crippen LogP contribution in [0.4, 0.5) is 0 Å². The summed E-state index contributed by atoms with van der Waals surface area (Å²) in [4.78, 5) is 16.3. The number of aromatic nitrogens is 3. The molecule has 0 aliphatic carbocycles. The Hall–Kier alpha value is -2.22. The molecular formula is C16H22N4O4. The Morgan fingerprint density at radius 1 is 1.38 bits per heavy atom. The van der Waals surface area contributed by atoms with E-state index in [0.29, 0.717) is 36.3 Å². The van der Waals surface area contributed by atoms with Crippen molar-refractivity contribution in [3.8, 4) is 0 Å². The van der Waals surface area contributed by atoms with Crippen molar-refractivity contribution in [2.24, 2.45) is 5.92 Å². The topological polar surface area (TPSA) is 103 Å². The van der Waals surface area contributed by atoms with Crippen LogP contribution in [0.1, 0.15) is 60.8 Å². The van der Waals surface area contributed by atoms with E-state index in [4.69, 9.17) is 13.8 Å². The van der Waals surface area contributed by atoms with Crippen LogP contribution >= 0.6 is 0 Å². The lowest BCUT2D eigenvalue weighted by atomic mass is 10.1. The van der Waals surface area contributed by atoms with Gasteiger partial charge in [0.25, 0.3) is 11.8 Å². The molecule has 1 atom stereocenters. The smallest absolute Gasteiger partial charge is 0.273 e. The number of hydrogen-bond acceptors (Lipinski definition) is 7. The number of amides is 1. The van der Waals surface area contributed by atoms with Crippen LogP contribution in [0.3, 0.4) is 0 Å². The molecule has 130 valence electrons. The van der Waals surface area contributed by atoms with Crippen LogP contribution in [0.2, 0.25) is 0 Å². The van der Waals surface area contributed by atoms with Crippen molar-refractivity contribution in [2.45, 2.75) is 45.6 Å². The van der Waals surface area contributed by atoms with Crippen molar-refractivity contribution < 1.29 is 18.6 Å². The fraction of sp³-hybridized carbons (Fsp3) is 0.625. The second kappa shape index (κ2) is 7.57. The average Bonchev–Trinajstić information content (AvgIpc) is 3.27. The van der Waals surface area contributed by atoms with E-state index >= 15 is 0 Å². The second-order valence-electron chi connectivity index (χ2n) is 6.33. The molecule has 3 rings (SSSR count). The van der Waals surface area contributed by atoms with Gasteiger partial charge in [-0.1, -0.05) is 24.2 Å². The Balaban J connectivity index is 1.45. The van der Waals surface area contributed by atoms with Crippen molar-refractivity contribution in [1.29, 1.82) is 0 Å². The molecule has 24 heavy (non-hydrogen) atoms. The van der Waals surface area contributed by atoms with E-state index in [1.165, 1.54) is 0 Å². The van der Waals surface area contributed by atoms with E-state index in [-0.39, 0.29) is 12.0 Å². The lowest BCUT2D eigenvalue weighted by molar-refractivity contribution is 0.0835. The van der Waals surface area contributed by atoms with Crippen LogP contribution in [0, 0.1) is 5.92 Å². The summed E-state index contributed by atoms with van der Waals surface area (Å²) in [5.74, 6) is 1.97. The number of nitrogens with zero attached hydrogens (tertiary/aromatic N) is 3. The van der Waals surface area contributed by atoms with Gasteiger partial charge in [-0.25, -0.2) is 0 Å². The number of hydrogen-bond donors (Lipinski definition) is 1. The first-order chi connectivity index (χ1) is 11.6. The molecule has 8 nitrogen and oxygen atoms in total. The molecule has 1 unspecified atom stereocenters. The standard InChI is InChI=1S/C16H22N4O4/c1-10(2)8-11-9-12(19-23-11)15(21)17-6-5-14-18-16(24-20-14)13-4-3-7-22-13/h9-10,13H,3-8H2,1-2H3,(H,17,21). The van der Waals surface area contributed by atoms with E-state index in [1.54, 1.807) is 6.07 Å². The van der Waals surface area contributed by atoms with Crippen LogP contribution in [-0.2, 0) is 17.6 Å². The largest absolute Gasteiger partial charge is 0.368 e. The minimum absolute atomic E-state index is 0.0876. The molecular weight excluding hydrogens is 312 g/mol. The summed E-state index contributed by atoms with van der Waals surface area (Å²) >= 11 is 0. The lowest BCUT2D eigenvalue weighted by Crippen LogP contribution is -2.26. The molecule has 1 N–H and O–H groups in total. The molecule has 0 bridgehead atoms. The van der Waals surface area contributed by atoms with Crippen LogP contribution in [0.15, 0.2) is 15.1 Å². The van der Waals surface area contributed by atoms with Crippen LogP contribution in [-0.4, -0.2) is 34.4 Å². The van der Waals surface area contributed by atoms with Gasteiger partial charge in [-0.15, -0.1) is 0 Å². The molecule has 2 aromatic heterocycles. The molecule has 2 aromatic rings. The summed E-state index contributed by atoms with van der Waals surface area (Å²) in [6.45, 7) is 5.29. The Bertz CT molecular complexity index is 673. The Morgan fingerprint density at radius 3 is 3.00 bits per heavy atom. The molecule has 1 aliphatic rings. The highest BCUT2D eigenvalue weighted by molar-refractivity contribution is 5.92. The predicted molar refractivity (Wildman–Crippen MR) is 83.3 cm³/mol. The van der Waals surface area contributed by atoms with E-state index < -0.39 is 0 Å². The minimum atomic E-state index is -0.267. The summed E-state index contributed by atoms with van der Waals surface area (Å²) in [5, 5.41) is 10.5. The zero-order chi connectivity index (χ0) is 16.9. The average molecular weight is 334 g/mol. The molecule has 1 fully saturated rings. The van der Waals surface area contributed by atoms with Gasteiger partial charge in [-0.3, -0.25) is 4.79 Å². The third-order valence-corrected chi connectivity index (χ3v) is 3.72. The molecule has 0 aromatic carbocycles. The maximum atomic E-state index is 12.0. The highest BCUT2D eigenvalue weighted by Crippen LogP contribution is 2.26. The summed E-state index contributed by atoms with van der Waals surface area (Å²) < 4.78 is 15.9. The Kier molecular flexibility index (Phi) is 5.24. The van der Waals surface area contributed by atoms with Crippen LogP contribution in [0.25, 0.3) is 0 Å². The van der Waals surface area contributed by atoms with Crippen molar-refractivity contribution in [2.75, 3.05) is 13.2 Å². The molecule has 0 spiro atoms. The van der Waals surface area contributed by atoms with Gasteiger partial charge in [-0.2, -0.15) is 4.98 Å². The summed E-state index contributed by atoms with van der Waals surface area (Å²) in [6, 6.07) is 1.68. The fourth-order valence-electron chi connectivity index (χ4n) is 2.57. The first-order valence-corrected chi connectivity index (χ1v) is 8.29. The molecule has 1 saturated heterocycles. The van der Waals surface area contributed by atoms with Crippen molar-refractivity contribution in [3.63, 3.8) is 0 Å². The second-order valence-corrected chi connectivity index (χ2v) is 6.33. The SMILES string of the molecule is CC(C)Cc1cc(C(=O)NCCc2noc(C3CCCO3)n2)no1. The number of nitrogens with one attached hydrogen (secondary N) is 1. The summed E-state index contributed by atoms with van der Waals surface area (Å²) in [5.41, 5.74) is 0.291. The van der Waals surface area contributed by atoms with E-state index in [9.17, 15) is 4.79 Å². The molecule has 1 amide bonds. The van der Waals surface area contributed by atoms with E-state index in [2.05, 4.69) is 34.5 Å². The molecule has 8 heteroatoms. The fourth-order valence-corrected chi connectivity index (χ4v) is 2.57. The van der Waals surface area contributed by atoms with Crippen LogP contribution < -0.4 is 5.32 Å². The molecule has 0 radical (unpaired) electrons. The molecule has 3 heterocycles. The maximum absolute atomic E-state index is 12.0. The molecule has 0 saturated carbocycles. The van der Waals surface area contributed by atoms with Gasteiger partial charge in [-0.05, 0) is 18.8 Å². The van der Waals surface area contributed by atoms with Gasteiger partial charge in [0.2, 0.25) is 0 Å². The number of rotatable bonds is 7. The minimum Gasteiger partial charge on any atom is -0.368 e. The number of carbonyl (C=O) groups is 1. The highest BCUT2D eigenvalue weighted by Gasteiger charge is 2.23.